The molecule has 0 aromatic rings. The highest BCUT2D eigenvalue weighted by Gasteiger charge is 2.20. The molecule has 18 heavy (non-hydrogen) atoms. The van der Waals surface area contributed by atoms with Crippen LogP contribution in [-0.4, -0.2) is 53.7 Å². The van der Waals surface area contributed by atoms with Crippen LogP contribution in [-0.2, 0) is 14.2 Å². The van der Waals surface area contributed by atoms with Crippen molar-refractivity contribution in [1.29, 1.82) is 0 Å². The lowest BCUT2D eigenvalue weighted by atomic mass is 9.83. The van der Waals surface area contributed by atoms with Gasteiger partial charge < -0.3 is 19.5 Å². The third-order valence-electron chi connectivity index (χ3n) is 3.39. The molecule has 0 aliphatic rings. The average Bonchev–Trinajstić information content (AvgIpc) is 2.39. The molecule has 4 nitrogen and oxygen atoms in total. The SMILES string of the molecule is CCC(C)(CCCOCCOC)CNCCOC. The van der Waals surface area contributed by atoms with Crippen LogP contribution in [0.5, 0.6) is 0 Å². The van der Waals surface area contributed by atoms with E-state index in [4.69, 9.17) is 14.2 Å². The van der Waals surface area contributed by atoms with E-state index < -0.39 is 0 Å². The van der Waals surface area contributed by atoms with Gasteiger partial charge in [0, 0.05) is 33.9 Å². The number of methoxy groups -OCH3 is 2. The van der Waals surface area contributed by atoms with Gasteiger partial charge in [-0.3, -0.25) is 0 Å². The summed E-state index contributed by atoms with van der Waals surface area (Å²) < 4.78 is 15.5. The standard InChI is InChI=1S/C14H31NO3/c1-5-14(2,13-15-8-10-16-3)7-6-9-18-12-11-17-4/h15H,5-13H2,1-4H3. The second-order valence-corrected chi connectivity index (χ2v) is 5.04. The van der Waals surface area contributed by atoms with Gasteiger partial charge in [-0.1, -0.05) is 13.8 Å². The molecule has 0 aliphatic heterocycles. The minimum atomic E-state index is 0.359. The van der Waals surface area contributed by atoms with Gasteiger partial charge in [-0.2, -0.15) is 0 Å². The largest absolute Gasteiger partial charge is 0.383 e. The minimum absolute atomic E-state index is 0.359. The van der Waals surface area contributed by atoms with Gasteiger partial charge in [0.2, 0.25) is 0 Å². The molecule has 1 N–H and O–H groups in total. The van der Waals surface area contributed by atoms with E-state index in [1.54, 1.807) is 14.2 Å². The van der Waals surface area contributed by atoms with Crippen molar-refractivity contribution >= 4 is 0 Å². The molecule has 0 aromatic heterocycles. The summed E-state index contributed by atoms with van der Waals surface area (Å²) in [6.07, 6.45) is 3.49. The van der Waals surface area contributed by atoms with Gasteiger partial charge >= 0.3 is 0 Å². The van der Waals surface area contributed by atoms with Crippen LogP contribution in [0.2, 0.25) is 0 Å². The second-order valence-electron chi connectivity index (χ2n) is 5.04. The summed E-state index contributed by atoms with van der Waals surface area (Å²) >= 11 is 0. The summed E-state index contributed by atoms with van der Waals surface area (Å²) in [6, 6.07) is 0. The molecule has 1 unspecified atom stereocenters. The Balaban J connectivity index is 3.58. The fourth-order valence-corrected chi connectivity index (χ4v) is 1.80. The molecule has 0 bridgehead atoms. The lowest BCUT2D eigenvalue weighted by Crippen LogP contribution is -2.33. The first-order valence-corrected chi connectivity index (χ1v) is 6.95. The van der Waals surface area contributed by atoms with Crippen LogP contribution in [0.4, 0.5) is 0 Å². The van der Waals surface area contributed by atoms with Crippen LogP contribution in [0.25, 0.3) is 0 Å². The molecule has 0 fully saturated rings. The molecule has 4 heteroatoms. The average molecular weight is 261 g/mol. The van der Waals surface area contributed by atoms with E-state index in [1.165, 1.54) is 12.8 Å². The van der Waals surface area contributed by atoms with E-state index in [0.29, 0.717) is 18.6 Å². The zero-order valence-electron chi connectivity index (χ0n) is 12.6. The Hall–Kier alpha value is -0.160. The Labute approximate surface area is 112 Å². The van der Waals surface area contributed by atoms with Gasteiger partial charge in [-0.25, -0.2) is 0 Å². The predicted molar refractivity (Wildman–Crippen MR) is 75.1 cm³/mol. The summed E-state index contributed by atoms with van der Waals surface area (Å²) in [5.74, 6) is 0. The van der Waals surface area contributed by atoms with E-state index >= 15 is 0 Å². The normalized spacial score (nSPS) is 14.7. The molecule has 0 aromatic carbocycles. The molecule has 0 saturated carbocycles. The van der Waals surface area contributed by atoms with Gasteiger partial charge in [-0.15, -0.1) is 0 Å². The maximum absolute atomic E-state index is 5.49. The molecule has 0 saturated heterocycles. The summed E-state index contributed by atoms with van der Waals surface area (Å²) in [4.78, 5) is 0. The van der Waals surface area contributed by atoms with Crippen molar-refractivity contribution in [3.05, 3.63) is 0 Å². The van der Waals surface area contributed by atoms with E-state index in [1.807, 2.05) is 0 Å². The predicted octanol–water partition coefficient (Wildman–Crippen LogP) is 2.08. The first-order chi connectivity index (χ1) is 8.68. The fourth-order valence-electron chi connectivity index (χ4n) is 1.80. The smallest absolute Gasteiger partial charge is 0.0700 e. The zero-order chi connectivity index (χ0) is 13.7. The van der Waals surface area contributed by atoms with Gasteiger partial charge in [0.05, 0.1) is 19.8 Å². The van der Waals surface area contributed by atoms with E-state index in [0.717, 1.165) is 32.7 Å². The van der Waals surface area contributed by atoms with Crippen LogP contribution in [0.1, 0.15) is 33.1 Å². The maximum atomic E-state index is 5.49. The van der Waals surface area contributed by atoms with Gasteiger partial charge in [0.25, 0.3) is 0 Å². The number of hydrogen-bond donors (Lipinski definition) is 1. The summed E-state index contributed by atoms with van der Waals surface area (Å²) in [5.41, 5.74) is 0.359. The van der Waals surface area contributed by atoms with E-state index in [-0.39, 0.29) is 0 Å². The lowest BCUT2D eigenvalue weighted by molar-refractivity contribution is 0.0637. The molecular weight excluding hydrogens is 230 g/mol. The van der Waals surface area contributed by atoms with Crippen LogP contribution < -0.4 is 5.32 Å². The number of hydrogen-bond acceptors (Lipinski definition) is 4. The van der Waals surface area contributed by atoms with Gasteiger partial charge in [0.15, 0.2) is 0 Å². The Morgan fingerprint density at radius 1 is 1.00 bits per heavy atom. The van der Waals surface area contributed by atoms with Crippen molar-refractivity contribution in [1.82, 2.24) is 5.32 Å². The Morgan fingerprint density at radius 3 is 2.33 bits per heavy atom. The van der Waals surface area contributed by atoms with Gasteiger partial charge in [0.1, 0.15) is 0 Å². The molecular formula is C14H31NO3. The van der Waals surface area contributed by atoms with Gasteiger partial charge in [-0.05, 0) is 24.7 Å². The monoisotopic (exact) mass is 261 g/mol. The van der Waals surface area contributed by atoms with E-state index in [9.17, 15) is 0 Å². The summed E-state index contributed by atoms with van der Waals surface area (Å²) in [5, 5.41) is 3.45. The molecule has 0 radical (unpaired) electrons. The molecule has 0 rings (SSSR count). The Morgan fingerprint density at radius 2 is 1.72 bits per heavy atom. The van der Waals surface area contributed by atoms with Crippen molar-refractivity contribution in [2.75, 3.05) is 53.7 Å². The lowest BCUT2D eigenvalue weighted by Gasteiger charge is -2.28. The highest BCUT2D eigenvalue weighted by Crippen LogP contribution is 2.26. The van der Waals surface area contributed by atoms with Crippen LogP contribution in [0.15, 0.2) is 0 Å². The van der Waals surface area contributed by atoms with Crippen molar-refractivity contribution < 1.29 is 14.2 Å². The fraction of sp³-hybridized carbons (Fsp3) is 1.00. The van der Waals surface area contributed by atoms with Crippen molar-refractivity contribution in [3.63, 3.8) is 0 Å². The molecule has 0 heterocycles. The summed E-state index contributed by atoms with van der Waals surface area (Å²) in [7, 11) is 3.43. The molecule has 110 valence electrons. The number of ether oxygens (including phenoxy) is 3. The maximum Gasteiger partial charge on any atom is 0.0700 e. The quantitative estimate of drug-likeness (QED) is 0.515. The van der Waals surface area contributed by atoms with E-state index in [2.05, 4.69) is 19.2 Å². The van der Waals surface area contributed by atoms with Crippen LogP contribution >= 0.6 is 0 Å². The third kappa shape index (κ3) is 9.83. The van der Waals surface area contributed by atoms with Crippen molar-refractivity contribution in [3.8, 4) is 0 Å². The molecule has 0 amide bonds. The molecule has 0 aliphatic carbocycles. The topological polar surface area (TPSA) is 39.7 Å². The number of nitrogens with one attached hydrogen (secondary N) is 1. The zero-order valence-corrected chi connectivity index (χ0v) is 12.6. The van der Waals surface area contributed by atoms with Crippen LogP contribution in [0.3, 0.4) is 0 Å². The highest BCUT2D eigenvalue weighted by molar-refractivity contribution is 4.75. The third-order valence-corrected chi connectivity index (χ3v) is 3.39. The van der Waals surface area contributed by atoms with Crippen molar-refractivity contribution in [2.45, 2.75) is 33.1 Å². The second kappa shape index (κ2) is 11.9. The van der Waals surface area contributed by atoms with Crippen molar-refractivity contribution in [2.24, 2.45) is 5.41 Å². The Kier molecular flexibility index (Phi) is 11.8. The molecule has 0 spiro atoms. The first-order valence-electron chi connectivity index (χ1n) is 6.95. The Bertz CT molecular complexity index is 178. The minimum Gasteiger partial charge on any atom is -0.383 e. The highest BCUT2D eigenvalue weighted by atomic mass is 16.5. The van der Waals surface area contributed by atoms with Crippen LogP contribution in [0, 0.1) is 5.41 Å². The number of rotatable bonds is 13. The molecule has 1 atom stereocenters. The first kappa shape index (κ1) is 17.8. The summed E-state index contributed by atoms with van der Waals surface area (Å²) in [6.45, 7) is 9.55.